The summed E-state index contributed by atoms with van der Waals surface area (Å²) in [6.07, 6.45) is 2.97. The number of pyridine rings is 1. The minimum absolute atomic E-state index is 0.468. The molecule has 0 N–H and O–H groups in total. The van der Waals surface area contributed by atoms with E-state index in [-0.39, 0.29) is 0 Å². The first kappa shape index (κ1) is 8.70. The molecule has 0 aliphatic carbocycles. The molecule has 4 heteroatoms. The van der Waals surface area contributed by atoms with Gasteiger partial charge >= 0.3 is 0 Å². The van der Waals surface area contributed by atoms with Crippen molar-refractivity contribution in [1.29, 1.82) is 5.26 Å². The molecular formula is C10H10N4. The van der Waals surface area contributed by atoms with Gasteiger partial charge in [-0.2, -0.15) is 10.4 Å². The Morgan fingerprint density at radius 1 is 1.57 bits per heavy atom. The Bertz CT molecular complexity index is 492. The van der Waals surface area contributed by atoms with Crippen LogP contribution in [0, 0.1) is 18.3 Å². The second-order valence-electron chi connectivity index (χ2n) is 3.19. The van der Waals surface area contributed by atoms with E-state index < -0.39 is 0 Å². The molecule has 0 atom stereocenters. The maximum atomic E-state index is 8.43. The fraction of sp³-hybridized carbons (Fsp3) is 0.300. The second-order valence-corrected chi connectivity index (χ2v) is 3.19. The highest BCUT2D eigenvalue weighted by Gasteiger charge is 2.02. The Balaban J connectivity index is 2.37. The van der Waals surface area contributed by atoms with Crippen molar-refractivity contribution in [1.82, 2.24) is 14.6 Å². The van der Waals surface area contributed by atoms with Crippen molar-refractivity contribution in [3.63, 3.8) is 0 Å². The maximum Gasteiger partial charge on any atom is 0.155 e. The van der Waals surface area contributed by atoms with Gasteiger partial charge in [0, 0.05) is 19.0 Å². The van der Waals surface area contributed by atoms with Crippen LogP contribution in [0.25, 0.3) is 5.65 Å². The summed E-state index contributed by atoms with van der Waals surface area (Å²) in [5.41, 5.74) is 2.01. The van der Waals surface area contributed by atoms with E-state index in [1.807, 2.05) is 25.3 Å². The van der Waals surface area contributed by atoms with E-state index in [9.17, 15) is 0 Å². The molecule has 0 aromatic carbocycles. The van der Waals surface area contributed by atoms with Gasteiger partial charge in [0.05, 0.1) is 6.07 Å². The van der Waals surface area contributed by atoms with Crippen LogP contribution in [-0.2, 0) is 6.42 Å². The van der Waals surface area contributed by atoms with Crippen molar-refractivity contribution in [2.75, 3.05) is 0 Å². The van der Waals surface area contributed by atoms with Crippen LogP contribution in [0.2, 0.25) is 0 Å². The maximum absolute atomic E-state index is 8.43. The monoisotopic (exact) mass is 186 g/mol. The Hall–Kier alpha value is -1.89. The third-order valence-corrected chi connectivity index (χ3v) is 2.00. The second kappa shape index (κ2) is 3.46. The van der Waals surface area contributed by atoms with E-state index in [0.29, 0.717) is 12.8 Å². The summed E-state index contributed by atoms with van der Waals surface area (Å²) in [7, 11) is 0. The van der Waals surface area contributed by atoms with Gasteiger partial charge < -0.3 is 0 Å². The lowest BCUT2D eigenvalue weighted by Gasteiger charge is -1.90. The van der Waals surface area contributed by atoms with Crippen LogP contribution in [0.1, 0.15) is 17.8 Å². The largest absolute Gasteiger partial charge is 0.221 e. The summed E-state index contributed by atoms with van der Waals surface area (Å²) < 4.78 is 1.74. The Morgan fingerprint density at radius 2 is 2.43 bits per heavy atom. The van der Waals surface area contributed by atoms with Crippen LogP contribution in [-0.4, -0.2) is 14.6 Å². The van der Waals surface area contributed by atoms with Crippen LogP contribution >= 0.6 is 0 Å². The Kier molecular flexibility index (Phi) is 2.15. The predicted molar refractivity (Wildman–Crippen MR) is 51.7 cm³/mol. The molecular weight excluding hydrogens is 176 g/mol. The standard InChI is InChI=1S/C10H10N4/c1-8-4-6-14-10(7-8)12-9(13-14)3-2-5-11/h4,6-7H,2-3H2,1H3. The van der Waals surface area contributed by atoms with E-state index in [4.69, 9.17) is 5.26 Å². The minimum atomic E-state index is 0.468. The lowest BCUT2D eigenvalue weighted by molar-refractivity contribution is 0.854. The molecule has 0 aliphatic rings. The van der Waals surface area contributed by atoms with Crippen molar-refractivity contribution in [3.05, 3.63) is 29.7 Å². The summed E-state index contributed by atoms with van der Waals surface area (Å²) in [4.78, 5) is 4.31. The van der Waals surface area contributed by atoms with Crippen LogP contribution < -0.4 is 0 Å². The summed E-state index contributed by atoms with van der Waals surface area (Å²) >= 11 is 0. The number of aryl methyl sites for hydroxylation is 2. The minimum Gasteiger partial charge on any atom is -0.221 e. The highest BCUT2D eigenvalue weighted by Crippen LogP contribution is 2.05. The molecule has 0 aliphatic heterocycles. The number of nitrogens with zero attached hydrogens (tertiary/aromatic N) is 4. The fourth-order valence-electron chi connectivity index (χ4n) is 1.30. The Labute approximate surface area is 81.8 Å². The molecule has 0 fully saturated rings. The van der Waals surface area contributed by atoms with Crippen molar-refractivity contribution in [2.45, 2.75) is 19.8 Å². The van der Waals surface area contributed by atoms with E-state index in [0.717, 1.165) is 17.0 Å². The van der Waals surface area contributed by atoms with Crippen molar-refractivity contribution in [3.8, 4) is 6.07 Å². The molecule has 2 heterocycles. The molecule has 2 aromatic heterocycles. The molecule has 4 nitrogen and oxygen atoms in total. The average molecular weight is 186 g/mol. The highest BCUT2D eigenvalue weighted by molar-refractivity contribution is 5.39. The lowest BCUT2D eigenvalue weighted by Crippen LogP contribution is -1.89. The van der Waals surface area contributed by atoms with Gasteiger partial charge in [0.25, 0.3) is 0 Å². The summed E-state index contributed by atoms with van der Waals surface area (Å²) in [6.45, 7) is 2.02. The third kappa shape index (κ3) is 1.57. The molecule has 2 aromatic rings. The van der Waals surface area contributed by atoms with E-state index >= 15 is 0 Å². The quantitative estimate of drug-likeness (QED) is 0.714. The molecule has 70 valence electrons. The highest BCUT2D eigenvalue weighted by atomic mass is 15.3. The predicted octanol–water partition coefficient (Wildman–Crippen LogP) is 1.49. The van der Waals surface area contributed by atoms with Crippen molar-refractivity contribution >= 4 is 5.65 Å². The lowest BCUT2D eigenvalue weighted by atomic mass is 10.3. The molecule has 0 spiro atoms. The van der Waals surface area contributed by atoms with Gasteiger partial charge in [-0.25, -0.2) is 9.50 Å². The SMILES string of the molecule is Cc1ccn2nc(CCC#N)nc2c1. The fourth-order valence-corrected chi connectivity index (χ4v) is 1.30. The first-order chi connectivity index (χ1) is 6.79. The molecule has 0 amide bonds. The number of nitriles is 1. The van der Waals surface area contributed by atoms with Crippen molar-refractivity contribution < 1.29 is 0 Å². The van der Waals surface area contributed by atoms with Gasteiger partial charge in [-0.3, -0.25) is 0 Å². The number of rotatable bonds is 2. The average Bonchev–Trinajstić information content (AvgIpc) is 2.56. The van der Waals surface area contributed by atoms with Gasteiger partial charge in [-0.05, 0) is 24.6 Å². The zero-order valence-corrected chi connectivity index (χ0v) is 7.94. The van der Waals surface area contributed by atoms with Gasteiger partial charge in [0.2, 0.25) is 0 Å². The Morgan fingerprint density at radius 3 is 3.21 bits per heavy atom. The van der Waals surface area contributed by atoms with E-state index in [2.05, 4.69) is 16.2 Å². The topological polar surface area (TPSA) is 54.0 Å². The summed E-state index contributed by atoms with van der Waals surface area (Å²) in [5.74, 6) is 0.733. The van der Waals surface area contributed by atoms with E-state index in [1.54, 1.807) is 4.52 Å². The first-order valence-corrected chi connectivity index (χ1v) is 4.48. The number of hydrogen-bond donors (Lipinski definition) is 0. The van der Waals surface area contributed by atoms with Crippen LogP contribution in [0.3, 0.4) is 0 Å². The zero-order chi connectivity index (χ0) is 9.97. The molecule has 14 heavy (non-hydrogen) atoms. The number of hydrogen-bond acceptors (Lipinski definition) is 3. The van der Waals surface area contributed by atoms with Gasteiger partial charge in [-0.15, -0.1) is 0 Å². The van der Waals surface area contributed by atoms with Gasteiger partial charge in [0.1, 0.15) is 0 Å². The first-order valence-electron chi connectivity index (χ1n) is 4.48. The number of aromatic nitrogens is 3. The van der Waals surface area contributed by atoms with Crippen molar-refractivity contribution in [2.24, 2.45) is 0 Å². The van der Waals surface area contributed by atoms with Crippen LogP contribution in [0.4, 0.5) is 0 Å². The third-order valence-electron chi connectivity index (χ3n) is 2.00. The molecule has 0 bridgehead atoms. The van der Waals surface area contributed by atoms with Crippen LogP contribution in [0.5, 0.6) is 0 Å². The summed E-state index contributed by atoms with van der Waals surface area (Å²) in [5, 5.41) is 12.7. The molecule has 0 saturated heterocycles. The van der Waals surface area contributed by atoms with Crippen LogP contribution in [0.15, 0.2) is 18.3 Å². The molecule has 0 unspecified atom stereocenters. The smallest absolute Gasteiger partial charge is 0.155 e. The molecule has 0 saturated carbocycles. The molecule has 2 rings (SSSR count). The van der Waals surface area contributed by atoms with Gasteiger partial charge in [0.15, 0.2) is 11.5 Å². The summed E-state index contributed by atoms with van der Waals surface area (Å²) in [6, 6.07) is 6.04. The van der Waals surface area contributed by atoms with Gasteiger partial charge in [-0.1, -0.05) is 0 Å². The number of fused-ring (bicyclic) bond motifs is 1. The zero-order valence-electron chi connectivity index (χ0n) is 7.94. The normalized spacial score (nSPS) is 10.3. The molecule has 0 radical (unpaired) electrons. The van der Waals surface area contributed by atoms with E-state index in [1.165, 1.54) is 0 Å².